The molecule has 244 valence electrons. The van der Waals surface area contributed by atoms with Crippen LogP contribution >= 0.6 is 0 Å². The number of allylic oxidation sites excluding steroid dienone is 2. The molecule has 0 unspecified atom stereocenters. The highest BCUT2D eigenvalue weighted by atomic mass is 16.5. The average molecular weight is 627 g/mol. The molecule has 0 saturated carbocycles. The number of amides is 2. The van der Waals surface area contributed by atoms with Gasteiger partial charge in [0.2, 0.25) is 11.8 Å². The minimum absolute atomic E-state index is 0.0301. The van der Waals surface area contributed by atoms with E-state index < -0.39 is 18.1 Å². The Morgan fingerprint density at radius 2 is 1.57 bits per heavy atom. The van der Waals surface area contributed by atoms with E-state index in [1.807, 2.05) is 103 Å². The fourth-order valence-corrected chi connectivity index (χ4v) is 5.83. The van der Waals surface area contributed by atoms with E-state index in [9.17, 15) is 19.5 Å². The zero-order chi connectivity index (χ0) is 32.6. The first-order chi connectivity index (χ1) is 22.5. The second-order valence-electron chi connectivity index (χ2n) is 11.8. The van der Waals surface area contributed by atoms with Gasteiger partial charge in [-0.3, -0.25) is 14.4 Å². The number of carbonyl (C=O) groups excluding carboxylic acids is 3. The Bertz CT molecular complexity index is 1380. The van der Waals surface area contributed by atoms with Crippen molar-refractivity contribution in [3.63, 3.8) is 0 Å². The topological polar surface area (TPSA) is 105 Å². The van der Waals surface area contributed by atoms with Crippen LogP contribution in [0, 0.1) is 11.8 Å². The van der Waals surface area contributed by atoms with Crippen LogP contribution in [0.15, 0.2) is 103 Å². The summed E-state index contributed by atoms with van der Waals surface area (Å²) in [6, 6.07) is 28.2. The Labute approximate surface area is 272 Å². The summed E-state index contributed by atoms with van der Waals surface area (Å²) < 4.78 is 11.8. The number of ether oxygens (including phenoxy) is 2. The molecule has 4 atom stereocenters. The number of nitrogens with one attached hydrogen (secondary N) is 1. The maximum absolute atomic E-state index is 13.9. The molecular weight excluding hydrogens is 580 g/mol. The van der Waals surface area contributed by atoms with E-state index in [0.29, 0.717) is 25.8 Å². The van der Waals surface area contributed by atoms with Gasteiger partial charge >= 0.3 is 5.97 Å². The summed E-state index contributed by atoms with van der Waals surface area (Å²) in [5.41, 5.74) is 2.75. The molecule has 0 spiro atoms. The largest absolute Gasteiger partial charge is 0.455 e. The molecule has 2 amide bonds. The Kier molecular flexibility index (Phi) is 14.0. The molecule has 0 bridgehead atoms. The first kappa shape index (κ1) is 34.6. The molecule has 8 nitrogen and oxygen atoms in total. The molecule has 1 aliphatic rings. The maximum atomic E-state index is 13.9. The molecule has 0 aromatic heterocycles. The lowest BCUT2D eigenvalue weighted by atomic mass is 9.92. The normalized spacial score (nSPS) is 21.1. The van der Waals surface area contributed by atoms with Gasteiger partial charge < -0.3 is 24.8 Å². The van der Waals surface area contributed by atoms with Gasteiger partial charge in [-0.2, -0.15) is 0 Å². The third-order valence-electron chi connectivity index (χ3n) is 8.31. The van der Waals surface area contributed by atoms with Gasteiger partial charge in [0.25, 0.3) is 0 Å². The Balaban J connectivity index is 1.60. The maximum Gasteiger partial charge on any atom is 0.309 e. The number of hydrogen-bond acceptors (Lipinski definition) is 6. The Morgan fingerprint density at radius 1 is 0.913 bits per heavy atom. The van der Waals surface area contributed by atoms with Gasteiger partial charge in [-0.05, 0) is 48.8 Å². The first-order valence-electron chi connectivity index (χ1n) is 16.1. The van der Waals surface area contributed by atoms with Crippen LogP contribution in [0.3, 0.4) is 0 Å². The van der Waals surface area contributed by atoms with Crippen molar-refractivity contribution in [2.75, 3.05) is 26.9 Å². The monoisotopic (exact) mass is 626 g/mol. The molecule has 3 aromatic rings. The fraction of sp³-hybridized carbons (Fsp3) is 0.395. The van der Waals surface area contributed by atoms with E-state index in [-0.39, 0.29) is 49.9 Å². The smallest absolute Gasteiger partial charge is 0.309 e. The van der Waals surface area contributed by atoms with E-state index in [1.54, 1.807) is 12.0 Å². The van der Waals surface area contributed by atoms with Crippen LogP contribution in [0.5, 0.6) is 0 Å². The molecule has 1 heterocycles. The highest BCUT2D eigenvalue weighted by Crippen LogP contribution is 2.27. The number of hydrogen-bond donors (Lipinski definition) is 2. The molecule has 4 rings (SSSR count). The second-order valence-corrected chi connectivity index (χ2v) is 11.8. The molecule has 2 N–H and O–H groups in total. The van der Waals surface area contributed by atoms with Crippen molar-refractivity contribution in [3.05, 3.63) is 120 Å². The average Bonchev–Trinajstić information content (AvgIpc) is 3.08. The number of esters is 1. The molecule has 46 heavy (non-hydrogen) atoms. The van der Waals surface area contributed by atoms with Crippen LogP contribution in [0.25, 0.3) is 0 Å². The lowest BCUT2D eigenvalue weighted by molar-refractivity contribution is -0.158. The molecule has 0 aliphatic carbocycles. The van der Waals surface area contributed by atoms with Gasteiger partial charge in [0, 0.05) is 26.6 Å². The van der Waals surface area contributed by atoms with Gasteiger partial charge in [-0.15, -0.1) is 0 Å². The highest BCUT2D eigenvalue weighted by Gasteiger charge is 2.34. The fourth-order valence-electron chi connectivity index (χ4n) is 5.83. The summed E-state index contributed by atoms with van der Waals surface area (Å²) in [5.74, 6) is -1.87. The molecular formula is C38H46N2O6. The van der Waals surface area contributed by atoms with E-state index in [0.717, 1.165) is 29.5 Å². The van der Waals surface area contributed by atoms with Crippen LogP contribution < -0.4 is 5.32 Å². The summed E-state index contributed by atoms with van der Waals surface area (Å²) >= 11 is 0. The number of aliphatic hydroxyl groups is 1. The third kappa shape index (κ3) is 10.7. The summed E-state index contributed by atoms with van der Waals surface area (Å²) in [5, 5.41) is 12.8. The number of cyclic esters (lactones) is 1. The Hall–Kier alpha value is -4.27. The van der Waals surface area contributed by atoms with Crippen LogP contribution in [0.1, 0.15) is 54.9 Å². The van der Waals surface area contributed by atoms with E-state index in [1.165, 1.54) is 0 Å². The second kappa shape index (κ2) is 18.6. The van der Waals surface area contributed by atoms with Crippen LogP contribution in [0.2, 0.25) is 0 Å². The molecule has 0 saturated heterocycles. The van der Waals surface area contributed by atoms with Crippen molar-refractivity contribution in [3.8, 4) is 0 Å². The number of rotatable bonds is 11. The van der Waals surface area contributed by atoms with Gasteiger partial charge in [0.15, 0.2) is 0 Å². The number of aliphatic hydroxyl groups excluding tert-OH is 1. The van der Waals surface area contributed by atoms with Crippen LogP contribution in [0.4, 0.5) is 0 Å². The van der Waals surface area contributed by atoms with Crippen LogP contribution in [-0.2, 0) is 36.8 Å². The molecule has 3 aromatic carbocycles. The van der Waals surface area contributed by atoms with E-state index >= 15 is 0 Å². The molecule has 8 heteroatoms. The van der Waals surface area contributed by atoms with Gasteiger partial charge in [0.05, 0.1) is 31.1 Å². The SMILES string of the molecule is COC[C@@H]1NC(=O)[C@@H](CC(=O)N(CCO)Cc2ccccc2)CC=CCCC[C@H](Cc2ccccc2)C(=O)O[C@H]1c1ccccc1. The predicted octanol–water partition coefficient (Wildman–Crippen LogP) is 5.42. The standard InChI is InChI=1S/C38H46N2O6/c1-45-28-34-36(31-19-13-6-14-20-31)46-38(44)33(25-29-15-7-4-8-16-29)22-12-3-2-11-21-32(37(43)39-34)26-35(42)40(23-24-41)27-30-17-9-5-10-18-30/h2,4-11,13-20,32-34,36,41H,3,12,21-28H2,1H3,(H,39,43)/t32-,33-,34+,36+/m1/s1. The zero-order valence-corrected chi connectivity index (χ0v) is 26.6. The van der Waals surface area contributed by atoms with Gasteiger partial charge in [0.1, 0.15) is 6.10 Å². The third-order valence-corrected chi connectivity index (χ3v) is 8.31. The number of nitrogens with zero attached hydrogens (tertiary/aromatic N) is 1. The van der Waals surface area contributed by atoms with Crippen molar-refractivity contribution in [1.82, 2.24) is 10.2 Å². The van der Waals surface area contributed by atoms with Crippen molar-refractivity contribution in [2.24, 2.45) is 11.8 Å². The van der Waals surface area contributed by atoms with Gasteiger partial charge in [-0.1, -0.05) is 103 Å². The lowest BCUT2D eigenvalue weighted by Crippen LogP contribution is -2.47. The number of benzene rings is 3. The zero-order valence-electron chi connectivity index (χ0n) is 26.6. The predicted molar refractivity (Wildman–Crippen MR) is 177 cm³/mol. The summed E-state index contributed by atoms with van der Waals surface area (Å²) in [4.78, 5) is 42.9. The first-order valence-corrected chi connectivity index (χ1v) is 16.1. The quantitative estimate of drug-likeness (QED) is 0.218. The minimum atomic E-state index is -0.797. The Morgan fingerprint density at radius 3 is 2.22 bits per heavy atom. The summed E-state index contributed by atoms with van der Waals surface area (Å²) in [7, 11) is 1.54. The number of carbonyl (C=O) groups is 3. The summed E-state index contributed by atoms with van der Waals surface area (Å²) in [6.07, 6.45) is 6.25. The minimum Gasteiger partial charge on any atom is -0.455 e. The molecule has 0 radical (unpaired) electrons. The van der Waals surface area contributed by atoms with E-state index in [4.69, 9.17) is 9.47 Å². The highest BCUT2D eigenvalue weighted by molar-refractivity contribution is 5.86. The molecule has 1 aliphatic heterocycles. The van der Waals surface area contributed by atoms with Crippen LogP contribution in [-0.4, -0.2) is 60.7 Å². The molecule has 0 fully saturated rings. The number of methoxy groups -OCH3 is 1. The summed E-state index contributed by atoms with van der Waals surface area (Å²) in [6.45, 7) is 0.428. The van der Waals surface area contributed by atoms with Crippen molar-refractivity contribution >= 4 is 17.8 Å². The van der Waals surface area contributed by atoms with Crippen molar-refractivity contribution < 1.29 is 29.0 Å². The lowest BCUT2D eigenvalue weighted by Gasteiger charge is -2.31. The van der Waals surface area contributed by atoms with Crippen molar-refractivity contribution in [2.45, 2.75) is 57.2 Å². The van der Waals surface area contributed by atoms with E-state index in [2.05, 4.69) is 5.32 Å². The van der Waals surface area contributed by atoms with Crippen molar-refractivity contribution in [1.29, 1.82) is 0 Å². The van der Waals surface area contributed by atoms with Gasteiger partial charge in [-0.25, -0.2) is 0 Å².